The van der Waals surface area contributed by atoms with Crippen molar-refractivity contribution in [2.24, 2.45) is 5.73 Å². The van der Waals surface area contributed by atoms with Crippen molar-refractivity contribution in [3.63, 3.8) is 0 Å². The summed E-state index contributed by atoms with van der Waals surface area (Å²) in [5, 5.41) is 10.6. The highest BCUT2D eigenvalue weighted by Crippen LogP contribution is 2.22. The van der Waals surface area contributed by atoms with E-state index in [1.54, 1.807) is 0 Å². The maximum Gasteiger partial charge on any atom is 0.276 e. The average molecular weight is 318 g/mol. The van der Waals surface area contributed by atoms with Crippen LogP contribution in [-0.2, 0) is 9.63 Å². The van der Waals surface area contributed by atoms with E-state index >= 15 is 0 Å². The van der Waals surface area contributed by atoms with E-state index in [2.05, 4.69) is 20.8 Å². The van der Waals surface area contributed by atoms with Gasteiger partial charge in [0.25, 0.3) is 11.6 Å². The average Bonchev–Trinajstić information content (AvgIpc) is 2.28. The maximum atomic E-state index is 11.6. The lowest BCUT2D eigenvalue weighted by Crippen LogP contribution is -2.29. The second kappa shape index (κ2) is 6.07. The van der Waals surface area contributed by atoms with E-state index in [0.29, 0.717) is 4.47 Å². The zero-order valence-corrected chi connectivity index (χ0v) is 10.5. The van der Waals surface area contributed by atoms with Crippen LogP contribution >= 0.6 is 15.9 Å². The Morgan fingerprint density at radius 2 is 2.17 bits per heavy atom. The van der Waals surface area contributed by atoms with Crippen molar-refractivity contribution in [1.82, 2.24) is 5.48 Å². The molecule has 1 aromatic carbocycles. The summed E-state index contributed by atoms with van der Waals surface area (Å²) in [6, 6.07) is 3.68. The number of nitrogens with two attached hydrogens (primary N) is 1. The molecule has 0 fully saturated rings. The Morgan fingerprint density at radius 3 is 2.72 bits per heavy atom. The third-order valence-corrected chi connectivity index (χ3v) is 2.48. The lowest BCUT2D eigenvalue weighted by Gasteiger charge is -2.05. The van der Waals surface area contributed by atoms with Crippen LogP contribution in [-0.4, -0.2) is 23.3 Å². The van der Waals surface area contributed by atoms with E-state index in [1.807, 2.05) is 5.48 Å². The molecule has 0 aromatic heterocycles. The summed E-state index contributed by atoms with van der Waals surface area (Å²) in [6.07, 6.45) is 0. The fourth-order valence-electron chi connectivity index (χ4n) is 1.03. The first-order valence-corrected chi connectivity index (χ1v) is 5.35. The second-order valence-corrected chi connectivity index (χ2v) is 3.96. The van der Waals surface area contributed by atoms with Gasteiger partial charge in [-0.25, -0.2) is 5.48 Å². The summed E-state index contributed by atoms with van der Waals surface area (Å²) in [5.74, 6) is -1.49. The standard InChI is InChI=1S/C9H8BrN3O5/c10-7-2-1-5(13(16)17)3-6(7)9(15)12-18-4-8(11)14/h1-3H,4H2,(H2,11,14)(H,12,15). The molecule has 0 unspecified atom stereocenters. The van der Waals surface area contributed by atoms with Gasteiger partial charge in [-0.05, 0) is 22.0 Å². The van der Waals surface area contributed by atoms with Crippen LogP contribution in [0.1, 0.15) is 10.4 Å². The van der Waals surface area contributed by atoms with Crippen molar-refractivity contribution in [2.75, 3.05) is 6.61 Å². The lowest BCUT2D eigenvalue weighted by atomic mass is 10.2. The minimum Gasteiger partial charge on any atom is -0.368 e. The first-order chi connectivity index (χ1) is 8.41. The largest absolute Gasteiger partial charge is 0.368 e. The van der Waals surface area contributed by atoms with E-state index in [0.717, 1.165) is 6.07 Å². The highest BCUT2D eigenvalue weighted by molar-refractivity contribution is 9.10. The third-order valence-electron chi connectivity index (χ3n) is 1.78. The fourth-order valence-corrected chi connectivity index (χ4v) is 1.46. The zero-order valence-electron chi connectivity index (χ0n) is 8.88. The normalized spacial score (nSPS) is 9.83. The predicted octanol–water partition coefficient (Wildman–Crippen LogP) is 0.504. The molecule has 0 aliphatic heterocycles. The summed E-state index contributed by atoms with van der Waals surface area (Å²) in [4.78, 5) is 36.4. The molecule has 96 valence electrons. The van der Waals surface area contributed by atoms with Gasteiger partial charge >= 0.3 is 0 Å². The van der Waals surface area contributed by atoms with Gasteiger partial charge in [-0.15, -0.1) is 0 Å². The van der Waals surface area contributed by atoms with Crippen LogP contribution in [0.5, 0.6) is 0 Å². The van der Waals surface area contributed by atoms with Crippen molar-refractivity contribution in [3.8, 4) is 0 Å². The Hall–Kier alpha value is -2.00. The maximum absolute atomic E-state index is 11.6. The molecule has 0 saturated heterocycles. The number of hydrogen-bond acceptors (Lipinski definition) is 5. The summed E-state index contributed by atoms with van der Waals surface area (Å²) < 4.78 is 0.355. The van der Waals surface area contributed by atoms with Crippen LogP contribution in [0, 0.1) is 10.1 Å². The van der Waals surface area contributed by atoms with Crippen molar-refractivity contribution in [1.29, 1.82) is 0 Å². The van der Waals surface area contributed by atoms with E-state index in [1.165, 1.54) is 12.1 Å². The van der Waals surface area contributed by atoms with Gasteiger partial charge in [0.15, 0.2) is 6.61 Å². The Labute approximate surface area is 109 Å². The predicted molar refractivity (Wildman–Crippen MR) is 63.4 cm³/mol. The summed E-state index contributed by atoms with van der Waals surface area (Å²) in [7, 11) is 0. The quantitative estimate of drug-likeness (QED) is 0.604. The van der Waals surface area contributed by atoms with Crippen LogP contribution < -0.4 is 11.2 Å². The zero-order chi connectivity index (χ0) is 13.7. The van der Waals surface area contributed by atoms with Crippen molar-refractivity contribution in [2.45, 2.75) is 0 Å². The third kappa shape index (κ3) is 3.79. The van der Waals surface area contributed by atoms with Crippen LogP contribution in [0.15, 0.2) is 22.7 Å². The van der Waals surface area contributed by atoms with E-state index in [-0.39, 0.29) is 11.3 Å². The highest BCUT2D eigenvalue weighted by atomic mass is 79.9. The summed E-state index contributed by atoms with van der Waals surface area (Å²) >= 11 is 3.07. The molecule has 0 heterocycles. The van der Waals surface area contributed by atoms with Gasteiger partial charge in [-0.2, -0.15) is 0 Å². The number of nitro groups is 1. The first-order valence-electron chi connectivity index (χ1n) is 4.56. The Kier molecular flexibility index (Phi) is 4.75. The molecule has 1 rings (SSSR count). The number of rotatable bonds is 5. The Balaban J connectivity index is 2.81. The molecule has 0 aliphatic rings. The number of nitrogens with zero attached hydrogens (tertiary/aromatic N) is 1. The highest BCUT2D eigenvalue weighted by Gasteiger charge is 2.15. The van der Waals surface area contributed by atoms with Gasteiger partial charge in [-0.3, -0.25) is 24.5 Å². The van der Waals surface area contributed by atoms with Crippen molar-refractivity contribution >= 4 is 33.4 Å². The van der Waals surface area contributed by atoms with Gasteiger partial charge in [0.1, 0.15) is 0 Å². The Morgan fingerprint density at radius 1 is 1.50 bits per heavy atom. The molecule has 9 heteroatoms. The minimum absolute atomic E-state index is 0.00803. The van der Waals surface area contributed by atoms with Gasteiger partial charge in [0.05, 0.1) is 10.5 Å². The van der Waals surface area contributed by atoms with Gasteiger partial charge in [0.2, 0.25) is 5.91 Å². The monoisotopic (exact) mass is 317 g/mol. The summed E-state index contributed by atoms with van der Waals surface area (Å²) in [6.45, 7) is -0.488. The number of hydroxylamine groups is 1. The topological polar surface area (TPSA) is 125 Å². The van der Waals surface area contributed by atoms with Crippen LogP contribution in [0.25, 0.3) is 0 Å². The smallest absolute Gasteiger partial charge is 0.276 e. The molecule has 1 aromatic rings. The first kappa shape index (κ1) is 14.1. The SMILES string of the molecule is NC(=O)CONC(=O)c1cc([N+](=O)[O-])ccc1Br. The molecule has 0 aliphatic carbocycles. The number of halogens is 1. The number of carbonyl (C=O) groups excluding carboxylic acids is 2. The molecule has 3 N–H and O–H groups in total. The van der Waals surface area contributed by atoms with Crippen molar-refractivity contribution in [3.05, 3.63) is 38.3 Å². The molecule has 0 atom stereocenters. The number of carbonyl (C=O) groups is 2. The van der Waals surface area contributed by atoms with Crippen LogP contribution in [0.2, 0.25) is 0 Å². The number of hydrogen-bond donors (Lipinski definition) is 2. The molecule has 0 radical (unpaired) electrons. The molecule has 0 bridgehead atoms. The molecular formula is C9H8BrN3O5. The van der Waals surface area contributed by atoms with E-state index in [4.69, 9.17) is 5.73 Å². The number of primary amides is 1. The van der Waals surface area contributed by atoms with Gasteiger partial charge < -0.3 is 5.73 Å². The van der Waals surface area contributed by atoms with Crippen LogP contribution in [0.3, 0.4) is 0 Å². The molecule has 0 saturated carbocycles. The number of non-ortho nitro benzene ring substituents is 1. The molecular weight excluding hydrogens is 310 g/mol. The number of nitro benzene ring substituents is 1. The second-order valence-electron chi connectivity index (χ2n) is 3.11. The molecule has 18 heavy (non-hydrogen) atoms. The van der Waals surface area contributed by atoms with E-state index < -0.39 is 23.3 Å². The lowest BCUT2D eigenvalue weighted by molar-refractivity contribution is -0.384. The van der Waals surface area contributed by atoms with Gasteiger partial charge in [-0.1, -0.05) is 0 Å². The van der Waals surface area contributed by atoms with Crippen molar-refractivity contribution < 1.29 is 19.3 Å². The molecule has 8 nitrogen and oxygen atoms in total. The molecule has 0 spiro atoms. The number of benzene rings is 1. The number of nitrogens with one attached hydrogen (secondary N) is 1. The molecule has 2 amide bonds. The fraction of sp³-hybridized carbons (Fsp3) is 0.111. The van der Waals surface area contributed by atoms with Gasteiger partial charge in [0, 0.05) is 16.6 Å². The minimum atomic E-state index is -0.756. The van der Waals surface area contributed by atoms with Crippen LogP contribution in [0.4, 0.5) is 5.69 Å². The number of amides is 2. The Bertz CT molecular complexity index is 505. The van der Waals surface area contributed by atoms with E-state index in [9.17, 15) is 19.7 Å². The summed E-state index contributed by atoms with van der Waals surface area (Å²) in [5.41, 5.74) is 6.51.